The Kier molecular flexibility index (Phi) is 3.99. The van der Waals surface area contributed by atoms with Crippen molar-refractivity contribution in [2.24, 2.45) is 39.9 Å². The van der Waals surface area contributed by atoms with E-state index >= 15 is 0 Å². The van der Waals surface area contributed by atoms with Gasteiger partial charge in [0.25, 0.3) is 0 Å². The molecule has 4 aliphatic rings. The minimum atomic E-state index is -0.245. The van der Waals surface area contributed by atoms with Crippen LogP contribution in [0.4, 0.5) is 0 Å². The topological polar surface area (TPSA) is 43.4 Å². The van der Waals surface area contributed by atoms with Crippen molar-refractivity contribution in [1.82, 2.24) is 0 Å². The van der Waals surface area contributed by atoms with Gasteiger partial charge in [0.05, 0.1) is 0 Å². The number of rotatable bonds is 1. The van der Waals surface area contributed by atoms with Crippen molar-refractivity contribution >= 4 is 11.8 Å². The summed E-state index contributed by atoms with van der Waals surface area (Å²) in [6.07, 6.45) is 11.2. The number of carbonyl (C=O) groups is 2. The fraction of sp³-hybridized carbons (Fsp3) is 0.826. The van der Waals surface area contributed by atoms with Crippen molar-refractivity contribution < 1.29 is 14.3 Å². The maximum atomic E-state index is 12.6. The molecule has 4 rings (SSSR count). The van der Waals surface area contributed by atoms with Gasteiger partial charge in [-0.25, -0.2) is 0 Å². The summed E-state index contributed by atoms with van der Waals surface area (Å²) in [5, 5.41) is 0. The minimum Gasteiger partial charge on any atom is -0.462 e. The number of carbonyl (C=O) groups excluding carboxylic acids is 2. The summed E-state index contributed by atoms with van der Waals surface area (Å²) in [7, 11) is 0. The van der Waals surface area contributed by atoms with Gasteiger partial charge in [0.15, 0.2) is 0 Å². The Morgan fingerprint density at radius 2 is 1.69 bits per heavy atom. The van der Waals surface area contributed by atoms with Gasteiger partial charge >= 0.3 is 5.97 Å². The lowest BCUT2D eigenvalue weighted by molar-refractivity contribution is -0.159. The summed E-state index contributed by atoms with van der Waals surface area (Å²) in [4.78, 5) is 24.1. The van der Waals surface area contributed by atoms with Gasteiger partial charge in [0.1, 0.15) is 11.9 Å². The van der Waals surface area contributed by atoms with E-state index in [0.29, 0.717) is 29.5 Å². The zero-order chi connectivity index (χ0) is 18.9. The highest BCUT2D eigenvalue weighted by Crippen LogP contribution is 2.66. The summed E-state index contributed by atoms with van der Waals surface area (Å²) in [5.74, 6) is 2.46. The predicted octanol–water partition coefficient (Wildman–Crippen LogP) is 4.94. The van der Waals surface area contributed by atoms with Crippen molar-refractivity contribution in [3.05, 3.63) is 12.2 Å². The molecule has 0 spiro atoms. The molecule has 0 aliphatic heterocycles. The standard InChI is InChI=1S/C23H34O3/c1-14(24)26-20-9-7-16-15-6-8-18-21(2,3)19(25)11-13-22(18,4)17(15)10-12-23(16,20)5/h6,8,15-18,20H,7,9-13H2,1-5H3/t15-,16-,17-,18+,20-,22-,23-/m1/s1. The third-order valence-electron chi connectivity index (χ3n) is 9.02. The second-order valence-electron chi connectivity index (χ2n) is 10.5. The van der Waals surface area contributed by atoms with Gasteiger partial charge in [-0.15, -0.1) is 0 Å². The molecule has 0 aromatic heterocycles. The van der Waals surface area contributed by atoms with Crippen LogP contribution in [0.1, 0.15) is 73.1 Å². The number of Topliss-reactive ketones (excluding diaryl/α,β-unsaturated/α-hetero) is 1. The maximum Gasteiger partial charge on any atom is 0.302 e. The average molecular weight is 359 g/mol. The molecule has 0 radical (unpaired) electrons. The van der Waals surface area contributed by atoms with Crippen LogP contribution in [0.2, 0.25) is 0 Å². The van der Waals surface area contributed by atoms with E-state index in [1.165, 1.54) is 13.3 Å². The lowest BCUT2D eigenvalue weighted by atomic mass is 9.43. The molecule has 0 unspecified atom stereocenters. The quantitative estimate of drug-likeness (QED) is 0.492. The highest BCUT2D eigenvalue weighted by Gasteiger charge is 2.62. The van der Waals surface area contributed by atoms with Crippen molar-refractivity contribution in [1.29, 1.82) is 0 Å². The molecule has 3 saturated carbocycles. The predicted molar refractivity (Wildman–Crippen MR) is 101 cm³/mol. The molecule has 4 aliphatic carbocycles. The van der Waals surface area contributed by atoms with Crippen molar-refractivity contribution in [2.75, 3.05) is 0 Å². The molecule has 0 bridgehead atoms. The number of hydrogen-bond acceptors (Lipinski definition) is 3. The number of ether oxygens (including phenoxy) is 1. The zero-order valence-corrected chi connectivity index (χ0v) is 17.0. The van der Waals surface area contributed by atoms with Crippen molar-refractivity contribution in [3.63, 3.8) is 0 Å². The molecular formula is C23H34O3. The van der Waals surface area contributed by atoms with E-state index in [-0.39, 0.29) is 28.3 Å². The molecule has 26 heavy (non-hydrogen) atoms. The SMILES string of the molecule is CC(=O)O[C@@H]1CC[C@@H]2[C@H]3C=C[C@H]4C(C)(C)C(=O)CC[C@]4(C)[C@@H]3CC[C@]21C. The summed E-state index contributed by atoms with van der Waals surface area (Å²) < 4.78 is 5.73. The fourth-order valence-corrected chi connectivity index (χ4v) is 7.55. The van der Waals surface area contributed by atoms with E-state index < -0.39 is 0 Å². The second-order valence-corrected chi connectivity index (χ2v) is 10.5. The Morgan fingerprint density at radius 3 is 2.38 bits per heavy atom. The van der Waals surface area contributed by atoms with Crippen LogP contribution < -0.4 is 0 Å². The highest BCUT2D eigenvalue weighted by molar-refractivity contribution is 5.85. The van der Waals surface area contributed by atoms with Crippen LogP contribution in [0.3, 0.4) is 0 Å². The van der Waals surface area contributed by atoms with Crippen LogP contribution in [0.5, 0.6) is 0 Å². The van der Waals surface area contributed by atoms with Crippen LogP contribution >= 0.6 is 0 Å². The first kappa shape index (κ1) is 18.3. The summed E-state index contributed by atoms with van der Waals surface area (Å²) in [6, 6.07) is 0. The number of ketones is 1. The molecule has 3 heteroatoms. The van der Waals surface area contributed by atoms with E-state index in [4.69, 9.17) is 4.74 Å². The summed E-state index contributed by atoms with van der Waals surface area (Å²) in [5.41, 5.74) is 0.0865. The number of esters is 1. The number of allylic oxidation sites excluding steroid dienone is 2. The first-order valence-electron chi connectivity index (χ1n) is 10.5. The van der Waals surface area contributed by atoms with Gasteiger partial charge in [-0.1, -0.05) is 39.8 Å². The average Bonchev–Trinajstić information content (AvgIpc) is 2.88. The van der Waals surface area contributed by atoms with E-state index in [1.807, 2.05) is 0 Å². The lowest BCUT2D eigenvalue weighted by Crippen LogP contribution is -2.57. The van der Waals surface area contributed by atoms with Gasteiger partial charge in [0.2, 0.25) is 0 Å². The summed E-state index contributed by atoms with van der Waals surface area (Å²) >= 11 is 0. The molecule has 0 N–H and O–H groups in total. The van der Waals surface area contributed by atoms with E-state index in [0.717, 1.165) is 32.1 Å². The molecule has 0 saturated heterocycles. The number of fused-ring (bicyclic) bond motifs is 5. The van der Waals surface area contributed by atoms with Gasteiger partial charge < -0.3 is 4.74 Å². The number of hydrogen-bond donors (Lipinski definition) is 0. The van der Waals surface area contributed by atoms with Gasteiger partial charge in [-0.2, -0.15) is 0 Å². The molecule has 144 valence electrons. The van der Waals surface area contributed by atoms with E-state index in [1.54, 1.807) is 0 Å². The van der Waals surface area contributed by atoms with Crippen LogP contribution in [0, 0.1) is 39.9 Å². The van der Waals surface area contributed by atoms with Gasteiger partial charge in [-0.3, -0.25) is 9.59 Å². The van der Waals surface area contributed by atoms with Gasteiger partial charge in [0, 0.05) is 24.2 Å². The first-order valence-corrected chi connectivity index (χ1v) is 10.5. The molecular weight excluding hydrogens is 324 g/mol. The third kappa shape index (κ3) is 2.31. The molecule has 0 aromatic rings. The molecule has 0 amide bonds. The molecule has 3 fully saturated rings. The Labute approximate surface area is 157 Å². The lowest BCUT2D eigenvalue weighted by Gasteiger charge is -2.60. The monoisotopic (exact) mass is 358 g/mol. The Balaban J connectivity index is 1.68. The van der Waals surface area contributed by atoms with Crippen LogP contribution in [-0.4, -0.2) is 17.9 Å². The van der Waals surface area contributed by atoms with E-state index in [9.17, 15) is 9.59 Å². The zero-order valence-electron chi connectivity index (χ0n) is 17.0. The van der Waals surface area contributed by atoms with Crippen LogP contribution in [-0.2, 0) is 14.3 Å². The van der Waals surface area contributed by atoms with Crippen molar-refractivity contribution in [2.45, 2.75) is 79.2 Å². The third-order valence-corrected chi connectivity index (χ3v) is 9.02. The highest BCUT2D eigenvalue weighted by atomic mass is 16.5. The Morgan fingerprint density at radius 1 is 1.00 bits per heavy atom. The smallest absolute Gasteiger partial charge is 0.302 e. The summed E-state index contributed by atoms with van der Waals surface area (Å²) in [6.45, 7) is 10.7. The molecule has 0 aromatic carbocycles. The van der Waals surface area contributed by atoms with Crippen molar-refractivity contribution in [3.8, 4) is 0 Å². The second kappa shape index (κ2) is 5.69. The largest absolute Gasteiger partial charge is 0.462 e. The minimum absolute atomic E-state index is 0.0780. The maximum absolute atomic E-state index is 12.6. The molecule has 0 heterocycles. The molecule has 7 atom stereocenters. The first-order chi connectivity index (χ1) is 12.1. The normalized spacial score (nSPS) is 49.1. The van der Waals surface area contributed by atoms with E-state index in [2.05, 4.69) is 39.8 Å². The Bertz CT molecular complexity index is 662. The Hall–Kier alpha value is -1.12. The van der Waals surface area contributed by atoms with Crippen LogP contribution in [0.25, 0.3) is 0 Å². The van der Waals surface area contributed by atoms with Gasteiger partial charge in [-0.05, 0) is 61.2 Å². The molecule has 3 nitrogen and oxygen atoms in total. The fourth-order valence-electron chi connectivity index (χ4n) is 7.55. The van der Waals surface area contributed by atoms with Crippen LogP contribution in [0.15, 0.2) is 12.2 Å².